The molecule has 45 heavy (non-hydrogen) atoms. The summed E-state index contributed by atoms with van der Waals surface area (Å²) in [6, 6.07) is 0. The van der Waals surface area contributed by atoms with Gasteiger partial charge in [0.2, 0.25) is 0 Å². The molecule has 0 radical (unpaired) electrons. The normalized spacial score (nSPS) is 35.6. The van der Waals surface area contributed by atoms with Gasteiger partial charge in [-0.3, -0.25) is 18.2 Å². The van der Waals surface area contributed by atoms with Crippen molar-refractivity contribution in [3.05, 3.63) is 24.8 Å². The van der Waals surface area contributed by atoms with Crippen LogP contribution in [0.15, 0.2) is 19.0 Å². The fourth-order valence-electron chi connectivity index (χ4n) is 5.39. The third-order valence-corrected chi connectivity index (χ3v) is 9.37. The molecule has 3 saturated heterocycles. The van der Waals surface area contributed by atoms with Gasteiger partial charge in [-0.25, -0.2) is 47.4 Å². The zero-order valence-corrected chi connectivity index (χ0v) is 24.5. The molecule has 3 fully saturated rings. The summed E-state index contributed by atoms with van der Waals surface area (Å²) in [5.74, 6) is 0.259. The summed E-state index contributed by atoms with van der Waals surface area (Å²) in [5, 5.41) is 0. The first-order valence-electron chi connectivity index (χ1n) is 13.1. The van der Waals surface area contributed by atoms with Gasteiger partial charge in [-0.05, 0) is 6.92 Å². The average molecular weight is 676 g/mol. The number of phosphoric acid groups is 1. The van der Waals surface area contributed by atoms with Crippen molar-refractivity contribution in [2.75, 3.05) is 24.6 Å². The largest absolute Gasteiger partial charge is 0.472 e. The van der Waals surface area contributed by atoms with Crippen LogP contribution in [0.5, 0.6) is 0 Å². The summed E-state index contributed by atoms with van der Waals surface area (Å²) in [7, 11) is -9.90. The van der Waals surface area contributed by atoms with Crippen LogP contribution in [0.4, 0.5) is 20.4 Å². The number of nitrogen functional groups attached to an aromatic ring is 2. The van der Waals surface area contributed by atoms with Crippen molar-refractivity contribution in [3.8, 4) is 0 Å². The van der Waals surface area contributed by atoms with Crippen molar-refractivity contribution in [1.82, 2.24) is 43.8 Å². The van der Waals surface area contributed by atoms with Gasteiger partial charge in [0.1, 0.15) is 47.6 Å². The van der Waals surface area contributed by atoms with E-state index in [0.717, 1.165) is 28.1 Å². The molecule has 242 valence electrons. The van der Waals surface area contributed by atoms with Gasteiger partial charge in [0.05, 0.1) is 19.3 Å². The molecular weight excluding hydrogens is 651 g/mol. The lowest BCUT2D eigenvalue weighted by Gasteiger charge is -2.26. The number of ether oxygens (including phenoxy) is 2. The van der Waals surface area contributed by atoms with Gasteiger partial charge in [0, 0.05) is 6.54 Å². The average Bonchev–Trinajstić information content (AvgIpc) is 3.72. The summed E-state index contributed by atoms with van der Waals surface area (Å²) in [4.78, 5) is 34.7. The highest BCUT2D eigenvalue weighted by Crippen LogP contribution is 2.50. The second-order valence-corrected chi connectivity index (χ2v) is 13.1. The second kappa shape index (κ2) is 10.8. The van der Waals surface area contributed by atoms with E-state index in [2.05, 4.69) is 34.6 Å². The van der Waals surface area contributed by atoms with Crippen molar-refractivity contribution in [3.63, 3.8) is 0 Å². The predicted molar refractivity (Wildman–Crippen MR) is 144 cm³/mol. The molecule has 0 saturated carbocycles. The number of nitrogens with two attached hydrogens (primary N) is 2. The maximum Gasteiger partial charge on any atom is 0.472 e. The molecule has 20 nitrogen and oxygen atoms in total. The summed E-state index contributed by atoms with van der Waals surface area (Å²) >= 11 is 0. The zero-order chi connectivity index (χ0) is 31.8. The topological polar surface area (TPSA) is 269 Å². The molecular formula is C21H24F2N11O9PS. The van der Waals surface area contributed by atoms with E-state index in [1.807, 2.05) is 0 Å². The van der Waals surface area contributed by atoms with E-state index in [1.165, 1.54) is 0 Å². The van der Waals surface area contributed by atoms with Crippen molar-refractivity contribution in [1.29, 1.82) is 0 Å². The number of phosphoric ester groups is 1. The standard InChI is InChI=1S/C21H24F2N11O9PS/c1-7-31-17(25)13-19(32-7)34(6-29-13)21-11(23)15-9(41-21)3-39-44(35,36)42-14-8(2-30-45(37,38)43-15)40-20(10(14)22)33-5-28-12-16(24)26-4-27-18(12)33/h4-6,8-11,14-15,20-21,30H,2-3H2,1H3,(H,35,36)(H2,24,26,27)(H2,25,31,32)/t8-,9-,10-,11-,14-,15-,20-,21-/m1/s1. The third kappa shape index (κ3) is 5.28. The van der Waals surface area contributed by atoms with Crippen LogP contribution in [0.25, 0.3) is 22.3 Å². The number of fused-ring (bicyclic) bond motifs is 4. The van der Waals surface area contributed by atoms with Crippen LogP contribution in [-0.4, -0.2) is 102 Å². The molecule has 24 heteroatoms. The number of hydrogen-bond acceptors (Lipinski definition) is 16. The SMILES string of the molecule is Cc1nc(N)c2ncn([C@@H]3O[C@@H]4COP(=O)(O)O[C@H]5[C@@H](F)[C@H](n6cnc7c(N)ncnc76)O[C@@H]5CNS(=O)(=O)O[C@H]4[C@H]3F)c2n1. The summed E-state index contributed by atoms with van der Waals surface area (Å²) in [6.07, 6.45) is -10.9. The van der Waals surface area contributed by atoms with Crippen molar-refractivity contribution in [2.24, 2.45) is 0 Å². The number of aryl methyl sites for hydroxylation is 1. The Morgan fingerprint density at radius 3 is 2.33 bits per heavy atom. The van der Waals surface area contributed by atoms with Gasteiger partial charge in [0.15, 0.2) is 47.7 Å². The number of imidazole rings is 2. The number of aromatic nitrogens is 8. The molecule has 0 aromatic carbocycles. The first kappa shape index (κ1) is 30.1. The van der Waals surface area contributed by atoms with Crippen LogP contribution < -0.4 is 16.2 Å². The number of rotatable bonds is 2. The third-order valence-electron chi connectivity index (χ3n) is 7.39. The van der Waals surface area contributed by atoms with E-state index in [-0.39, 0.29) is 39.8 Å². The highest BCUT2D eigenvalue weighted by atomic mass is 32.2. The van der Waals surface area contributed by atoms with Crippen molar-refractivity contribution >= 4 is 52.1 Å². The van der Waals surface area contributed by atoms with Crippen LogP contribution in [0, 0.1) is 6.92 Å². The highest BCUT2D eigenvalue weighted by molar-refractivity contribution is 7.84. The molecule has 6 N–H and O–H groups in total. The van der Waals surface area contributed by atoms with Crippen LogP contribution in [-0.2, 0) is 37.6 Å². The molecule has 0 amide bonds. The second-order valence-electron chi connectivity index (χ2n) is 10.3. The molecule has 0 bridgehead atoms. The molecule has 9 atom stereocenters. The molecule has 7 rings (SSSR count). The fourth-order valence-corrected chi connectivity index (χ4v) is 7.30. The highest BCUT2D eigenvalue weighted by Gasteiger charge is 2.54. The molecule has 7 heterocycles. The Bertz CT molecular complexity index is 1950. The lowest BCUT2D eigenvalue weighted by Crippen LogP contribution is -2.45. The quantitative estimate of drug-likeness (QED) is 0.192. The first-order chi connectivity index (χ1) is 21.3. The monoisotopic (exact) mass is 675 g/mol. The van der Waals surface area contributed by atoms with Gasteiger partial charge in [-0.2, -0.15) is 13.1 Å². The number of alkyl halides is 2. The summed E-state index contributed by atoms with van der Waals surface area (Å²) in [6.45, 7) is -0.0929. The minimum atomic E-state index is -5.12. The smallest absolute Gasteiger partial charge is 0.382 e. The Kier molecular flexibility index (Phi) is 7.22. The fraction of sp³-hybridized carbons (Fsp3) is 0.524. The molecule has 4 aromatic rings. The van der Waals surface area contributed by atoms with Gasteiger partial charge < -0.3 is 25.8 Å². The Morgan fingerprint density at radius 1 is 0.956 bits per heavy atom. The minimum absolute atomic E-state index is 0.00276. The molecule has 1 unspecified atom stereocenters. The number of hydrogen-bond donors (Lipinski definition) is 4. The molecule has 4 aromatic heterocycles. The van der Waals surface area contributed by atoms with Crippen LogP contribution in [0.2, 0.25) is 0 Å². The Balaban J connectivity index is 1.17. The van der Waals surface area contributed by atoms with E-state index >= 15 is 8.78 Å². The van der Waals surface area contributed by atoms with Gasteiger partial charge in [0.25, 0.3) is 0 Å². The molecule has 0 spiro atoms. The number of nitrogens with one attached hydrogen (secondary N) is 1. The van der Waals surface area contributed by atoms with E-state index in [4.69, 9.17) is 34.2 Å². The molecule has 0 aliphatic carbocycles. The van der Waals surface area contributed by atoms with Crippen molar-refractivity contribution in [2.45, 2.75) is 56.1 Å². The molecule has 3 aliphatic heterocycles. The van der Waals surface area contributed by atoms with Crippen LogP contribution in [0.3, 0.4) is 0 Å². The Hall–Kier alpha value is -3.54. The first-order valence-corrected chi connectivity index (χ1v) is 16.0. The maximum atomic E-state index is 15.9. The summed E-state index contributed by atoms with van der Waals surface area (Å²) < 4.78 is 102. The van der Waals surface area contributed by atoms with Gasteiger partial charge >= 0.3 is 18.1 Å². The zero-order valence-electron chi connectivity index (χ0n) is 22.8. The number of nitrogens with zero attached hydrogens (tertiary/aromatic N) is 8. The number of anilines is 2. The van der Waals surface area contributed by atoms with Crippen LogP contribution in [0.1, 0.15) is 18.3 Å². The van der Waals surface area contributed by atoms with Gasteiger partial charge in [-0.15, -0.1) is 0 Å². The van der Waals surface area contributed by atoms with Crippen molar-refractivity contribution < 1.29 is 49.4 Å². The lowest BCUT2D eigenvalue weighted by atomic mass is 10.1. The minimum Gasteiger partial charge on any atom is -0.382 e. The van der Waals surface area contributed by atoms with E-state index in [9.17, 15) is 17.9 Å². The van der Waals surface area contributed by atoms with Gasteiger partial charge in [-0.1, -0.05) is 0 Å². The predicted octanol–water partition coefficient (Wildman–Crippen LogP) is -0.655. The summed E-state index contributed by atoms with van der Waals surface area (Å²) in [5.41, 5.74) is 12.1. The van der Waals surface area contributed by atoms with E-state index < -0.39 is 80.5 Å². The number of halogens is 2. The van der Waals surface area contributed by atoms with Crippen LogP contribution >= 0.6 is 7.82 Å². The Morgan fingerprint density at radius 2 is 1.60 bits per heavy atom. The maximum absolute atomic E-state index is 15.9. The Labute approximate surface area is 250 Å². The lowest BCUT2D eigenvalue weighted by molar-refractivity contribution is -0.0496. The van der Waals surface area contributed by atoms with E-state index in [0.29, 0.717) is 0 Å². The molecule has 3 aliphatic rings. The van der Waals surface area contributed by atoms with E-state index in [1.54, 1.807) is 6.92 Å².